The quantitative estimate of drug-likeness (QED) is 0.618. The highest BCUT2D eigenvalue weighted by atomic mass is 35.5. The van der Waals surface area contributed by atoms with Crippen LogP contribution in [0.1, 0.15) is 16.1 Å². The van der Waals surface area contributed by atoms with Gasteiger partial charge in [-0.1, -0.05) is 17.7 Å². The molecule has 1 aromatic heterocycles. The number of aromatic nitrogens is 1. The third kappa shape index (κ3) is 3.70. The molecule has 0 saturated carbocycles. The summed E-state index contributed by atoms with van der Waals surface area (Å²) in [7, 11) is 2.83. The maximum absolute atomic E-state index is 13.2. The summed E-state index contributed by atoms with van der Waals surface area (Å²) in [4.78, 5) is 16.2. The van der Waals surface area contributed by atoms with E-state index in [1.54, 1.807) is 31.4 Å². The molecular weight excluding hydrogens is 361 g/mol. The summed E-state index contributed by atoms with van der Waals surface area (Å²) in [5.74, 6) is 0.0303. The normalized spacial score (nSPS) is 10.6. The highest BCUT2D eigenvalue weighted by molar-refractivity contribution is 6.31. The average Bonchev–Trinajstić information content (AvgIpc) is 2.65. The molecule has 5 nitrogen and oxygen atoms in total. The molecule has 0 radical (unpaired) electrons. The number of carbonyl (C=O) groups excluding carboxylic acids is 1. The Labute approximate surface area is 154 Å². The monoisotopic (exact) mass is 375 g/mol. The first-order chi connectivity index (χ1) is 12.5. The largest absolute Gasteiger partial charge is 0.497 e. The number of halogens is 2. The van der Waals surface area contributed by atoms with Crippen molar-refractivity contribution in [1.29, 1.82) is 0 Å². The molecule has 0 aliphatic heterocycles. The molecule has 0 unspecified atom stereocenters. The molecular formula is C19H15ClFNO4. The molecule has 3 aromatic rings. The van der Waals surface area contributed by atoms with Crippen LogP contribution in [0.4, 0.5) is 4.39 Å². The summed E-state index contributed by atoms with van der Waals surface area (Å²) < 4.78 is 29.0. The molecule has 3 rings (SSSR count). The number of hydrogen-bond donors (Lipinski definition) is 0. The Kier molecular flexibility index (Phi) is 5.23. The summed E-state index contributed by atoms with van der Waals surface area (Å²) in [6.07, 6.45) is 0. The fourth-order valence-electron chi connectivity index (χ4n) is 2.42. The van der Waals surface area contributed by atoms with Crippen molar-refractivity contribution < 1.29 is 23.4 Å². The number of pyridine rings is 1. The molecule has 0 spiro atoms. The van der Waals surface area contributed by atoms with Gasteiger partial charge in [0.05, 0.1) is 24.8 Å². The second kappa shape index (κ2) is 7.58. The first kappa shape index (κ1) is 17.9. The van der Waals surface area contributed by atoms with E-state index >= 15 is 0 Å². The van der Waals surface area contributed by atoms with Gasteiger partial charge in [-0.3, -0.25) is 0 Å². The van der Waals surface area contributed by atoms with Crippen LogP contribution in [0, 0.1) is 5.82 Å². The molecule has 0 aliphatic rings. The van der Waals surface area contributed by atoms with Crippen LogP contribution in [0.25, 0.3) is 10.9 Å². The molecule has 134 valence electrons. The van der Waals surface area contributed by atoms with Gasteiger partial charge >= 0.3 is 5.97 Å². The van der Waals surface area contributed by atoms with Crippen molar-refractivity contribution in [1.82, 2.24) is 4.98 Å². The third-order valence-corrected chi connectivity index (χ3v) is 4.12. The Morgan fingerprint density at radius 1 is 1.15 bits per heavy atom. The SMILES string of the molecule is COC(=O)c1cc(OCc2ccc(F)cc2Cl)c2cc(OC)ccc2n1. The fourth-order valence-corrected chi connectivity index (χ4v) is 2.65. The van der Waals surface area contributed by atoms with Crippen molar-refractivity contribution in [2.45, 2.75) is 6.61 Å². The number of methoxy groups -OCH3 is 2. The van der Waals surface area contributed by atoms with Crippen molar-refractivity contribution in [2.24, 2.45) is 0 Å². The average molecular weight is 376 g/mol. The molecule has 0 fully saturated rings. The van der Waals surface area contributed by atoms with Crippen molar-refractivity contribution in [2.75, 3.05) is 14.2 Å². The minimum Gasteiger partial charge on any atom is -0.497 e. The summed E-state index contributed by atoms with van der Waals surface area (Å²) in [6, 6.07) is 10.8. The highest BCUT2D eigenvalue weighted by Gasteiger charge is 2.15. The van der Waals surface area contributed by atoms with Crippen LogP contribution in [0.15, 0.2) is 42.5 Å². The van der Waals surface area contributed by atoms with Gasteiger partial charge in [0, 0.05) is 17.0 Å². The highest BCUT2D eigenvalue weighted by Crippen LogP contribution is 2.30. The zero-order valence-corrected chi connectivity index (χ0v) is 14.8. The van der Waals surface area contributed by atoms with Crippen LogP contribution >= 0.6 is 11.6 Å². The fraction of sp³-hybridized carbons (Fsp3) is 0.158. The predicted molar refractivity (Wildman–Crippen MR) is 95.4 cm³/mol. The van der Waals surface area contributed by atoms with Gasteiger partial charge in [0.2, 0.25) is 0 Å². The van der Waals surface area contributed by atoms with E-state index in [0.717, 1.165) is 0 Å². The number of benzene rings is 2. The van der Waals surface area contributed by atoms with E-state index in [2.05, 4.69) is 4.98 Å². The Balaban J connectivity index is 2.02. The van der Waals surface area contributed by atoms with Crippen LogP contribution in [-0.4, -0.2) is 25.2 Å². The van der Waals surface area contributed by atoms with E-state index in [1.807, 2.05) is 0 Å². The Hall–Kier alpha value is -2.86. The maximum atomic E-state index is 13.2. The number of hydrogen-bond acceptors (Lipinski definition) is 5. The second-order valence-electron chi connectivity index (χ2n) is 5.40. The van der Waals surface area contributed by atoms with Crippen LogP contribution in [0.2, 0.25) is 5.02 Å². The van der Waals surface area contributed by atoms with Crippen LogP contribution in [0.5, 0.6) is 11.5 Å². The van der Waals surface area contributed by atoms with Crippen molar-refractivity contribution >= 4 is 28.5 Å². The number of carbonyl (C=O) groups is 1. The molecule has 0 N–H and O–H groups in total. The van der Waals surface area contributed by atoms with Crippen LogP contribution < -0.4 is 9.47 Å². The van der Waals surface area contributed by atoms with E-state index in [4.69, 9.17) is 25.8 Å². The predicted octanol–water partition coefficient (Wildman–Crippen LogP) is 4.40. The van der Waals surface area contributed by atoms with E-state index in [-0.39, 0.29) is 17.3 Å². The number of esters is 1. The van der Waals surface area contributed by atoms with E-state index in [1.165, 1.54) is 25.3 Å². The van der Waals surface area contributed by atoms with Gasteiger partial charge in [0.1, 0.15) is 23.9 Å². The maximum Gasteiger partial charge on any atom is 0.356 e. The molecule has 0 saturated heterocycles. The summed E-state index contributed by atoms with van der Waals surface area (Å²) in [5, 5.41) is 0.921. The van der Waals surface area contributed by atoms with Crippen LogP contribution in [-0.2, 0) is 11.3 Å². The van der Waals surface area contributed by atoms with Gasteiger partial charge in [0.15, 0.2) is 5.69 Å². The van der Waals surface area contributed by atoms with Gasteiger partial charge < -0.3 is 14.2 Å². The minimum atomic E-state index is -0.576. The van der Waals surface area contributed by atoms with Crippen molar-refractivity contribution in [3.63, 3.8) is 0 Å². The summed E-state index contributed by atoms with van der Waals surface area (Å²) in [5.41, 5.74) is 1.28. The van der Waals surface area contributed by atoms with E-state index in [0.29, 0.717) is 28.0 Å². The number of fused-ring (bicyclic) bond motifs is 1. The van der Waals surface area contributed by atoms with Crippen molar-refractivity contribution in [3.05, 3.63) is 64.6 Å². The Morgan fingerprint density at radius 2 is 1.96 bits per heavy atom. The van der Waals surface area contributed by atoms with Crippen molar-refractivity contribution in [3.8, 4) is 11.5 Å². The second-order valence-corrected chi connectivity index (χ2v) is 5.81. The molecule has 0 bridgehead atoms. The van der Waals surface area contributed by atoms with Gasteiger partial charge in [0.25, 0.3) is 0 Å². The molecule has 26 heavy (non-hydrogen) atoms. The lowest BCUT2D eigenvalue weighted by atomic mass is 10.1. The van der Waals surface area contributed by atoms with E-state index < -0.39 is 11.8 Å². The number of ether oxygens (including phenoxy) is 3. The zero-order chi connectivity index (χ0) is 18.7. The topological polar surface area (TPSA) is 57.7 Å². The van der Waals surface area contributed by atoms with Gasteiger partial charge in [-0.2, -0.15) is 0 Å². The van der Waals surface area contributed by atoms with Crippen LogP contribution in [0.3, 0.4) is 0 Å². The minimum absolute atomic E-state index is 0.0933. The lowest BCUT2D eigenvalue weighted by molar-refractivity contribution is 0.0594. The lowest BCUT2D eigenvalue weighted by Gasteiger charge is -2.12. The molecule has 0 atom stereocenters. The standard InChI is InChI=1S/C19H15ClFNO4/c1-24-13-5-6-16-14(8-13)18(9-17(22-16)19(23)25-2)26-10-11-3-4-12(21)7-15(11)20/h3-9H,10H2,1-2H3. The molecule has 0 aliphatic carbocycles. The molecule has 7 heteroatoms. The Morgan fingerprint density at radius 3 is 2.65 bits per heavy atom. The van der Waals surface area contributed by atoms with Gasteiger partial charge in [-0.05, 0) is 30.3 Å². The van der Waals surface area contributed by atoms with Gasteiger partial charge in [-0.15, -0.1) is 0 Å². The summed E-state index contributed by atoms with van der Waals surface area (Å²) >= 11 is 6.04. The number of nitrogens with zero attached hydrogens (tertiary/aromatic N) is 1. The number of rotatable bonds is 5. The summed E-state index contributed by atoms with van der Waals surface area (Å²) in [6.45, 7) is 0.0933. The molecule has 0 amide bonds. The first-order valence-electron chi connectivity index (χ1n) is 7.65. The third-order valence-electron chi connectivity index (χ3n) is 3.77. The van der Waals surface area contributed by atoms with Gasteiger partial charge in [-0.25, -0.2) is 14.2 Å². The molecule has 2 aromatic carbocycles. The smallest absolute Gasteiger partial charge is 0.356 e. The lowest BCUT2D eigenvalue weighted by Crippen LogP contribution is -2.06. The molecule has 1 heterocycles. The Bertz CT molecular complexity index is 977. The van der Waals surface area contributed by atoms with E-state index in [9.17, 15) is 9.18 Å². The first-order valence-corrected chi connectivity index (χ1v) is 8.03. The zero-order valence-electron chi connectivity index (χ0n) is 14.1.